The molecule has 0 unspecified atom stereocenters. The zero-order valence-corrected chi connectivity index (χ0v) is 12.3. The molecule has 1 heterocycles. The molecule has 0 amide bonds. The van der Waals surface area contributed by atoms with E-state index in [1.165, 1.54) is 18.5 Å². The Bertz CT molecular complexity index is 771. The normalized spacial score (nSPS) is 15.4. The van der Waals surface area contributed by atoms with Crippen LogP contribution in [0.2, 0.25) is 0 Å². The molecule has 1 aromatic heterocycles. The second-order valence-electron chi connectivity index (χ2n) is 5.26. The van der Waals surface area contributed by atoms with Crippen molar-refractivity contribution >= 4 is 10.0 Å². The number of hydrogen-bond acceptors (Lipinski definition) is 4. The third-order valence-electron chi connectivity index (χ3n) is 3.68. The first-order chi connectivity index (χ1) is 9.93. The van der Waals surface area contributed by atoms with Crippen LogP contribution < -0.4 is 0 Å². The first-order valence-corrected chi connectivity index (χ1v) is 8.13. The lowest BCUT2D eigenvalue weighted by Crippen LogP contribution is -2.17. The summed E-state index contributed by atoms with van der Waals surface area (Å²) in [6, 6.07) is 2.99. The maximum atomic E-state index is 13.9. The zero-order chi connectivity index (χ0) is 15.2. The minimum Gasteiger partial charge on any atom is -0.392 e. The van der Waals surface area contributed by atoms with Crippen LogP contribution in [-0.2, 0) is 16.6 Å². The highest BCUT2D eigenvalue weighted by Gasteiger charge is 2.37. The van der Waals surface area contributed by atoms with Gasteiger partial charge in [-0.2, -0.15) is 9.19 Å². The van der Waals surface area contributed by atoms with Gasteiger partial charge in [0.05, 0.1) is 24.3 Å². The predicted molar refractivity (Wildman–Crippen MR) is 75.6 cm³/mol. The monoisotopic (exact) mass is 310 g/mol. The lowest BCUT2D eigenvalue weighted by molar-refractivity contribution is 0.275. The fraction of sp³-hybridized carbons (Fsp3) is 0.357. The molecule has 1 fully saturated rings. The summed E-state index contributed by atoms with van der Waals surface area (Å²) in [5.41, 5.74) is 1.94. The Morgan fingerprint density at radius 1 is 1.38 bits per heavy atom. The average molecular weight is 310 g/mol. The van der Waals surface area contributed by atoms with Gasteiger partial charge >= 0.3 is 0 Å². The minimum atomic E-state index is -3.41. The first kappa shape index (κ1) is 14.2. The fourth-order valence-corrected chi connectivity index (χ4v) is 3.73. The molecule has 0 bridgehead atoms. The molecule has 0 spiro atoms. The van der Waals surface area contributed by atoms with E-state index in [0.717, 1.165) is 4.09 Å². The molecule has 0 saturated heterocycles. The van der Waals surface area contributed by atoms with Crippen molar-refractivity contribution in [2.45, 2.75) is 31.6 Å². The molecule has 7 heteroatoms. The van der Waals surface area contributed by atoms with Crippen molar-refractivity contribution in [1.29, 1.82) is 0 Å². The summed E-state index contributed by atoms with van der Waals surface area (Å²) in [6.07, 6.45) is 4.14. The van der Waals surface area contributed by atoms with Crippen LogP contribution in [0.4, 0.5) is 4.39 Å². The van der Waals surface area contributed by atoms with Gasteiger partial charge in [0.25, 0.3) is 10.0 Å². The summed E-state index contributed by atoms with van der Waals surface area (Å²) >= 11 is 0. The number of aliphatic hydroxyl groups excluding tert-OH is 1. The van der Waals surface area contributed by atoms with E-state index in [4.69, 9.17) is 5.11 Å². The Hall–Kier alpha value is -1.73. The molecule has 112 valence electrons. The zero-order valence-electron chi connectivity index (χ0n) is 11.5. The molecule has 1 aliphatic carbocycles. The van der Waals surface area contributed by atoms with E-state index in [0.29, 0.717) is 29.5 Å². The lowest BCUT2D eigenvalue weighted by Gasteiger charge is -2.07. The summed E-state index contributed by atoms with van der Waals surface area (Å²) < 4.78 is 39.0. The molecule has 1 aliphatic rings. The van der Waals surface area contributed by atoms with Crippen molar-refractivity contribution in [3.8, 4) is 11.1 Å². The highest BCUT2D eigenvalue weighted by molar-refractivity contribution is 7.90. The van der Waals surface area contributed by atoms with Crippen molar-refractivity contribution in [1.82, 2.24) is 9.19 Å². The largest absolute Gasteiger partial charge is 0.392 e. The Morgan fingerprint density at radius 3 is 2.67 bits per heavy atom. The van der Waals surface area contributed by atoms with Crippen LogP contribution in [-0.4, -0.2) is 28.0 Å². The molecule has 0 radical (unpaired) electrons. The molecule has 2 aromatic rings. The third kappa shape index (κ3) is 2.47. The van der Waals surface area contributed by atoms with E-state index >= 15 is 0 Å². The van der Waals surface area contributed by atoms with Gasteiger partial charge in [0.2, 0.25) is 0 Å². The van der Waals surface area contributed by atoms with Gasteiger partial charge in [0.15, 0.2) is 0 Å². The number of benzene rings is 1. The van der Waals surface area contributed by atoms with E-state index in [-0.39, 0.29) is 17.4 Å². The van der Waals surface area contributed by atoms with Crippen LogP contribution in [0.25, 0.3) is 11.1 Å². The van der Waals surface area contributed by atoms with Crippen LogP contribution >= 0.6 is 0 Å². The summed E-state index contributed by atoms with van der Waals surface area (Å²) in [7, 11) is -3.41. The van der Waals surface area contributed by atoms with E-state index in [9.17, 15) is 12.8 Å². The third-order valence-corrected chi connectivity index (χ3v) is 5.71. The minimum absolute atomic E-state index is 0.247. The molecule has 3 rings (SSSR count). The van der Waals surface area contributed by atoms with Crippen LogP contribution in [0.5, 0.6) is 0 Å². The number of aryl methyl sites for hydroxylation is 1. The van der Waals surface area contributed by atoms with Crippen molar-refractivity contribution < 1.29 is 17.9 Å². The van der Waals surface area contributed by atoms with Gasteiger partial charge in [-0.1, -0.05) is 6.07 Å². The Morgan fingerprint density at radius 2 is 2.10 bits per heavy atom. The van der Waals surface area contributed by atoms with Gasteiger partial charge in [-0.05, 0) is 37.0 Å². The standard InChI is InChI=1S/C14H15FN2O3S/c1-9-4-10(5-14(15)13(9)8-18)11-6-16-17(7-11)21(19,20)12-2-3-12/h4-7,12,18H,2-3,8H2,1H3. The van der Waals surface area contributed by atoms with Gasteiger partial charge in [0.1, 0.15) is 5.82 Å². The van der Waals surface area contributed by atoms with Gasteiger partial charge in [-0.15, -0.1) is 0 Å². The van der Waals surface area contributed by atoms with Crippen molar-refractivity contribution in [2.24, 2.45) is 0 Å². The van der Waals surface area contributed by atoms with E-state index in [1.807, 2.05) is 0 Å². The maximum Gasteiger partial charge on any atom is 0.256 e. The average Bonchev–Trinajstić information content (AvgIpc) is 3.16. The van der Waals surface area contributed by atoms with Gasteiger partial charge in [0, 0.05) is 11.1 Å². The summed E-state index contributed by atoms with van der Waals surface area (Å²) in [5.74, 6) is -0.509. The molecule has 5 nitrogen and oxygen atoms in total. The Labute approximate surface area is 122 Å². The summed E-state index contributed by atoms with van der Waals surface area (Å²) in [6.45, 7) is 1.33. The number of aliphatic hydroxyl groups is 1. The number of rotatable bonds is 4. The number of nitrogens with zero attached hydrogens (tertiary/aromatic N) is 2. The smallest absolute Gasteiger partial charge is 0.256 e. The van der Waals surface area contributed by atoms with Crippen molar-refractivity contribution in [2.75, 3.05) is 0 Å². The second-order valence-corrected chi connectivity index (χ2v) is 7.33. The van der Waals surface area contributed by atoms with E-state index in [2.05, 4.69) is 5.10 Å². The number of hydrogen-bond donors (Lipinski definition) is 1. The molecule has 1 N–H and O–H groups in total. The van der Waals surface area contributed by atoms with Crippen LogP contribution in [0.15, 0.2) is 24.5 Å². The van der Waals surface area contributed by atoms with E-state index in [1.54, 1.807) is 13.0 Å². The highest BCUT2D eigenvalue weighted by Crippen LogP contribution is 2.31. The topological polar surface area (TPSA) is 72.2 Å². The van der Waals surface area contributed by atoms with Gasteiger partial charge in [-0.3, -0.25) is 0 Å². The SMILES string of the molecule is Cc1cc(-c2cnn(S(=O)(=O)C3CC3)c2)cc(F)c1CO. The lowest BCUT2D eigenvalue weighted by atomic mass is 10.0. The van der Waals surface area contributed by atoms with Crippen LogP contribution in [0.3, 0.4) is 0 Å². The fourth-order valence-electron chi connectivity index (χ4n) is 2.25. The molecular weight excluding hydrogens is 295 g/mol. The first-order valence-electron chi connectivity index (χ1n) is 6.63. The molecule has 0 aliphatic heterocycles. The number of halogens is 1. The number of aromatic nitrogens is 2. The molecule has 1 saturated carbocycles. The van der Waals surface area contributed by atoms with E-state index < -0.39 is 15.8 Å². The second kappa shape index (κ2) is 4.92. The molecule has 1 aromatic carbocycles. The summed E-state index contributed by atoms with van der Waals surface area (Å²) in [4.78, 5) is 0. The van der Waals surface area contributed by atoms with Gasteiger partial charge in [-0.25, -0.2) is 12.8 Å². The quantitative estimate of drug-likeness (QED) is 0.935. The molecule has 0 atom stereocenters. The molecular formula is C14H15FN2O3S. The van der Waals surface area contributed by atoms with Crippen LogP contribution in [0.1, 0.15) is 24.0 Å². The van der Waals surface area contributed by atoms with Gasteiger partial charge < -0.3 is 5.11 Å². The highest BCUT2D eigenvalue weighted by atomic mass is 32.2. The van der Waals surface area contributed by atoms with Crippen molar-refractivity contribution in [3.05, 3.63) is 41.5 Å². The Kier molecular flexibility index (Phi) is 3.33. The summed E-state index contributed by atoms with van der Waals surface area (Å²) in [5, 5.41) is 12.6. The predicted octanol–water partition coefficient (Wildman–Crippen LogP) is 1.83. The Balaban J connectivity index is 2.01. The van der Waals surface area contributed by atoms with Crippen LogP contribution in [0, 0.1) is 12.7 Å². The van der Waals surface area contributed by atoms with Crippen molar-refractivity contribution in [3.63, 3.8) is 0 Å². The molecule has 21 heavy (non-hydrogen) atoms. The maximum absolute atomic E-state index is 13.9.